The molecule has 138 valence electrons. The summed E-state index contributed by atoms with van der Waals surface area (Å²) in [4.78, 5) is 23.4. The van der Waals surface area contributed by atoms with Crippen LogP contribution >= 0.6 is 0 Å². The molecule has 0 radical (unpaired) electrons. The van der Waals surface area contributed by atoms with Crippen LogP contribution in [-0.4, -0.2) is 39.2 Å². The zero-order chi connectivity index (χ0) is 18.6. The summed E-state index contributed by atoms with van der Waals surface area (Å²) in [6, 6.07) is 11.1. The Labute approximate surface area is 156 Å². The third kappa shape index (κ3) is 3.80. The van der Waals surface area contributed by atoms with Gasteiger partial charge in [-0.1, -0.05) is 0 Å². The van der Waals surface area contributed by atoms with Crippen molar-refractivity contribution in [1.29, 1.82) is 0 Å². The van der Waals surface area contributed by atoms with Gasteiger partial charge >= 0.3 is 0 Å². The summed E-state index contributed by atoms with van der Waals surface area (Å²) in [5.74, 6) is 1.95. The summed E-state index contributed by atoms with van der Waals surface area (Å²) in [7, 11) is 0. The Hall–Kier alpha value is -3.26. The highest BCUT2D eigenvalue weighted by atomic mass is 16.1. The molecule has 1 amide bonds. The quantitative estimate of drug-likeness (QED) is 0.640. The fraction of sp³-hybridized carbons (Fsp3) is 0.263. The number of pyridine rings is 1. The normalized spacial score (nSPS) is 13.7. The molecule has 8 nitrogen and oxygen atoms in total. The van der Waals surface area contributed by atoms with E-state index in [1.54, 1.807) is 6.20 Å². The maximum absolute atomic E-state index is 12.4. The molecule has 1 saturated heterocycles. The van der Waals surface area contributed by atoms with E-state index in [0.29, 0.717) is 29.4 Å². The molecule has 0 bridgehead atoms. The molecule has 0 atom stereocenters. The number of carbonyl (C=O) groups is 1. The number of nitrogens with two attached hydrogens (primary N) is 1. The maximum Gasteiger partial charge on any atom is 0.257 e. The molecule has 1 aliphatic rings. The molecule has 4 rings (SSSR count). The number of amides is 1. The third-order valence-corrected chi connectivity index (χ3v) is 4.57. The first kappa shape index (κ1) is 17.2. The van der Waals surface area contributed by atoms with Crippen molar-refractivity contribution in [2.75, 3.05) is 23.3 Å². The molecule has 1 fully saturated rings. The highest BCUT2D eigenvalue weighted by Crippen LogP contribution is 2.20. The van der Waals surface area contributed by atoms with Crippen LogP contribution in [0.15, 0.2) is 42.6 Å². The molecule has 2 aromatic heterocycles. The van der Waals surface area contributed by atoms with E-state index in [9.17, 15) is 4.79 Å². The van der Waals surface area contributed by atoms with Crippen molar-refractivity contribution in [3.8, 4) is 11.4 Å². The Morgan fingerprint density at radius 3 is 2.56 bits per heavy atom. The van der Waals surface area contributed by atoms with Gasteiger partial charge in [0.1, 0.15) is 11.6 Å². The SMILES string of the molecule is NCc1nc(-c2ccc(NC(=O)c3ccc(N4CCCC4)nc3)cc2)n[nH]1. The van der Waals surface area contributed by atoms with E-state index < -0.39 is 0 Å². The van der Waals surface area contributed by atoms with Gasteiger partial charge < -0.3 is 16.0 Å². The monoisotopic (exact) mass is 363 g/mol. The molecule has 0 saturated carbocycles. The number of nitrogens with zero attached hydrogens (tertiary/aromatic N) is 4. The number of nitrogens with one attached hydrogen (secondary N) is 2. The summed E-state index contributed by atoms with van der Waals surface area (Å²) in [5, 5.41) is 9.78. The first-order valence-electron chi connectivity index (χ1n) is 8.97. The van der Waals surface area contributed by atoms with Gasteiger partial charge in [-0.25, -0.2) is 9.97 Å². The molecule has 0 spiro atoms. The topological polar surface area (TPSA) is 113 Å². The van der Waals surface area contributed by atoms with Crippen molar-refractivity contribution in [2.24, 2.45) is 5.73 Å². The van der Waals surface area contributed by atoms with Gasteiger partial charge in [0.2, 0.25) is 0 Å². The lowest BCUT2D eigenvalue weighted by molar-refractivity contribution is 0.102. The van der Waals surface area contributed by atoms with E-state index in [2.05, 4.69) is 30.4 Å². The van der Waals surface area contributed by atoms with Gasteiger partial charge in [-0.15, -0.1) is 0 Å². The largest absolute Gasteiger partial charge is 0.357 e. The lowest BCUT2D eigenvalue weighted by Crippen LogP contribution is -2.19. The fourth-order valence-electron chi connectivity index (χ4n) is 3.08. The molecular weight excluding hydrogens is 342 g/mol. The molecule has 1 aromatic carbocycles. The minimum Gasteiger partial charge on any atom is -0.357 e. The number of hydrogen-bond acceptors (Lipinski definition) is 6. The Bertz CT molecular complexity index is 912. The minimum absolute atomic E-state index is 0.188. The Balaban J connectivity index is 1.41. The van der Waals surface area contributed by atoms with Gasteiger partial charge in [0.25, 0.3) is 5.91 Å². The van der Waals surface area contributed by atoms with Gasteiger partial charge in [0.05, 0.1) is 12.1 Å². The fourth-order valence-corrected chi connectivity index (χ4v) is 3.08. The number of benzene rings is 1. The first-order valence-corrected chi connectivity index (χ1v) is 8.97. The molecule has 3 aromatic rings. The summed E-state index contributed by atoms with van der Waals surface area (Å²) < 4.78 is 0. The van der Waals surface area contributed by atoms with Crippen LogP contribution in [0.4, 0.5) is 11.5 Å². The average Bonchev–Trinajstić information content (AvgIpc) is 3.41. The zero-order valence-electron chi connectivity index (χ0n) is 14.9. The average molecular weight is 363 g/mol. The number of aromatic amines is 1. The minimum atomic E-state index is -0.188. The Morgan fingerprint density at radius 1 is 1.15 bits per heavy atom. The number of hydrogen-bond donors (Lipinski definition) is 3. The summed E-state index contributed by atoms with van der Waals surface area (Å²) >= 11 is 0. The maximum atomic E-state index is 12.4. The van der Waals surface area contributed by atoms with E-state index in [-0.39, 0.29) is 5.91 Å². The van der Waals surface area contributed by atoms with Crippen LogP contribution in [0.3, 0.4) is 0 Å². The highest BCUT2D eigenvalue weighted by Gasteiger charge is 2.14. The van der Waals surface area contributed by atoms with Crippen molar-refractivity contribution in [3.05, 3.63) is 54.0 Å². The summed E-state index contributed by atoms with van der Waals surface area (Å²) in [6.45, 7) is 2.37. The lowest BCUT2D eigenvalue weighted by Gasteiger charge is -2.16. The number of H-pyrrole nitrogens is 1. The van der Waals surface area contributed by atoms with Crippen LogP contribution in [0.2, 0.25) is 0 Å². The van der Waals surface area contributed by atoms with Crippen molar-refractivity contribution in [1.82, 2.24) is 20.2 Å². The van der Waals surface area contributed by atoms with Crippen LogP contribution in [0, 0.1) is 0 Å². The van der Waals surface area contributed by atoms with Crippen LogP contribution in [0.5, 0.6) is 0 Å². The Morgan fingerprint density at radius 2 is 1.93 bits per heavy atom. The zero-order valence-corrected chi connectivity index (χ0v) is 14.9. The van der Waals surface area contributed by atoms with E-state index in [0.717, 1.165) is 24.5 Å². The molecule has 4 N–H and O–H groups in total. The van der Waals surface area contributed by atoms with Gasteiger partial charge in [-0.3, -0.25) is 9.89 Å². The lowest BCUT2D eigenvalue weighted by atomic mass is 10.2. The summed E-state index contributed by atoms with van der Waals surface area (Å²) in [6.07, 6.45) is 4.02. The van der Waals surface area contributed by atoms with Crippen LogP contribution in [0.1, 0.15) is 29.0 Å². The molecule has 0 aliphatic carbocycles. The molecular formula is C19H21N7O. The van der Waals surface area contributed by atoms with E-state index in [4.69, 9.17) is 5.73 Å². The summed E-state index contributed by atoms with van der Waals surface area (Å²) in [5.41, 5.74) is 7.61. The van der Waals surface area contributed by atoms with Gasteiger partial charge in [-0.05, 0) is 49.2 Å². The predicted octanol–water partition coefficient (Wildman–Crippen LogP) is 2.18. The number of rotatable bonds is 5. The van der Waals surface area contributed by atoms with Gasteiger partial charge in [-0.2, -0.15) is 5.10 Å². The van der Waals surface area contributed by atoms with Gasteiger partial charge in [0.15, 0.2) is 5.82 Å². The van der Waals surface area contributed by atoms with Crippen LogP contribution in [-0.2, 0) is 6.54 Å². The van der Waals surface area contributed by atoms with Crippen molar-refractivity contribution < 1.29 is 4.79 Å². The second kappa shape index (κ2) is 7.55. The van der Waals surface area contributed by atoms with Crippen molar-refractivity contribution in [2.45, 2.75) is 19.4 Å². The molecule has 0 unspecified atom stereocenters. The number of aromatic nitrogens is 4. The van der Waals surface area contributed by atoms with E-state index in [1.807, 2.05) is 36.4 Å². The van der Waals surface area contributed by atoms with Crippen molar-refractivity contribution in [3.63, 3.8) is 0 Å². The number of anilines is 2. The van der Waals surface area contributed by atoms with E-state index >= 15 is 0 Å². The molecule has 8 heteroatoms. The standard InChI is InChI=1S/C19H21N7O/c20-11-16-23-18(25-24-16)13-3-6-15(7-4-13)22-19(27)14-5-8-17(21-12-14)26-9-1-2-10-26/h3-8,12H,1-2,9-11,20H2,(H,22,27)(H,23,24,25). The van der Waals surface area contributed by atoms with Crippen LogP contribution in [0.25, 0.3) is 11.4 Å². The van der Waals surface area contributed by atoms with E-state index in [1.165, 1.54) is 12.8 Å². The predicted molar refractivity (Wildman–Crippen MR) is 103 cm³/mol. The molecule has 3 heterocycles. The smallest absolute Gasteiger partial charge is 0.257 e. The molecule has 27 heavy (non-hydrogen) atoms. The third-order valence-electron chi connectivity index (χ3n) is 4.57. The number of carbonyl (C=O) groups excluding carboxylic acids is 1. The highest BCUT2D eigenvalue weighted by molar-refractivity contribution is 6.04. The molecule has 1 aliphatic heterocycles. The second-order valence-corrected chi connectivity index (χ2v) is 6.44. The first-order chi connectivity index (χ1) is 13.2. The van der Waals surface area contributed by atoms with Crippen LogP contribution < -0.4 is 16.0 Å². The van der Waals surface area contributed by atoms with Crippen molar-refractivity contribution >= 4 is 17.4 Å². The second-order valence-electron chi connectivity index (χ2n) is 6.44. The van der Waals surface area contributed by atoms with Gasteiger partial charge in [0, 0.05) is 30.5 Å². The Kier molecular flexibility index (Phi) is 4.80.